The normalized spacial score (nSPS) is 47.5. The molecule has 0 heterocycles. The van der Waals surface area contributed by atoms with Crippen LogP contribution in [-0.2, 0) is 0 Å². The summed E-state index contributed by atoms with van der Waals surface area (Å²) in [6.07, 6.45) is 4.92. The zero-order valence-electron chi connectivity index (χ0n) is 11.6. The van der Waals surface area contributed by atoms with Crippen LogP contribution in [-0.4, -0.2) is 15.6 Å². The molecule has 4 fully saturated rings. The summed E-state index contributed by atoms with van der Waals surface area (Å²) in [4.78, 5) is -0.159. The number of nitrogens with two attached hydrogens (primary N) is 1. The molecule has 4 bridgehead atoms. The molecular weight excluding hydrogens is 270 g/mol. The molecule has 0 spiro atoms. The molecule has 0 radical (unpaired) electrons. The van der Waals surface area contributed by atoms with Gasteiger partial charge in [0, 0.05) is 16.8 Å². The van der Waals surface area contributed by atoms with Crippen molar-refractivity contribution in [3.63, 3.8) is 0 Å². The van der Waals surface area contributed by atoms with E-state index in [1.807, 2.05) is 18.2 Å². The van der Waals surface area contributed by atoms with Crippen LogP contribution in [0.25, 0.3) is 0 Å². The van der Waals surface area contributed by atoms with Gasteiger partial charge in [-0.3, -0.25) is 0 Å². The van der Waals surface area contributed by atoms with Crippen molar-refractivity contribution in [3.05, 3.63) is 35.9 Å². The molecule has 3 N–H and O–H groups in total. The minimum Gasteiger partial charge on any atom is -0.389 e. The number of rotatable bonds is 2. The van der Waals surface area contributed by atoms with Crippen molar-refractivity contribution in [3.8, 4) is 0 Å². The highest BCUT2D eigenvalue weighted by atomic mass is 35.5. The molecule has 2 nitrogen and oxygen atoms in total. The van der Waals surface area contributed by atoms with Crippen LogP contribution in [0.15, 0.2) is 30.3 Å². The standard InChI is InChI=1S/C17H22ClNO/c18-16-7-11-6-13(9-16)14(17(20,8-11)10-16)15(19)12-4-2-1-3-5-12/h1-5,11,13-15,20H,6-10,19H2/t11-,13-,14+,15?,16-,17-/m0/s1. The van der Waals surface area contributed by atoms with Crippen LogP contribution >= 0.6 is 11.6 Å². The van der Waals surface area contributed by atoms with Gasteiger partial charge in [-0.2, -0.15) is 0 Å². The van der Waals surface area contributed by atoms with Gasteiger partial charge in [0.25, 0.3) is 0 Å². The van der Waals surface area contributed by atoms with Gasteiger partial charge in [0.1, 0.15) is 0 Å². The van der Waals surface area contributed by atoms with Gasteiger partial charge in [-0.1, -0.05) is 30.3 Å². The molecular formula is C17H22ClNO. The van der Waals surface area contributed by atoms with E-state index in [9.17, 15) is 5.11 Å². The molecule has 5 rings (SSSR count). The minimum absolute atomic E-state index is 0.0773. The summed E-state index contributed by atoms with van der Waals surface area (Å²) in [6, 6.07) is 10.1. The zero-order valence-corrected chi connectivity index (χ0v) is 12.4. The maximum absolute atomic E-state index is 11.2. The lowest BCUT2D eigenvalue weighted by molar-refractivity contribution is -0.170. The average molecular weight is 292 g/mol. The van der Waals surface area contributed by atoms with Crippen LogP contribution < -0.4 is 5.73 Å². The second-order valence-electron chi connectivity index (χ2n) is 7.37. The van der Waals surface area contributed by atoms with Gasteiger partial charge in [-0.05, 0) is 49.5 Å². The predicted octanol–water partition coefficient (Wildman–Crippen LogP) is 3.24. The summed E-state index contributed by atoms with van der Waals surface area (Å²) < 4.78 is 0. The van der Waals surface area contributed by atoms with Crippen molar-refractivity contribution in [2.45, 2.75) is 48.6 Å². The van der Waals surface area contributed by atoms with E-state index in [-0.39, 0.29) is 16.8 Å². The number of benzene rings is 1. The monoisotopic (exact) mass is 291 g/mol. The molecule has 1 aromatic rings. The molecule has 4 aliphatic carbocycles. The summed E-state index contributed by atoms with van der Waals surface area (Å²) in [5.41, 5.74) is 7.03. The average Bonchev–Trinajstić information content (AvgIpc) is 2.36. The third kappa shape index (κ3) is 1.85. The van der Waals surface area contributed by atoms with Crippen molar-refractivity contribution in [2.24, 2.45) is 23.5 Å². The summed E-state index contributed by atoms with van der Waals surface area (Å²) >= 11 is 6.74. The van der Waals surface area contributed by atoms with Crippen molar-refractivity contribution in [1.82, 2.24) is 0 Å². The fourth-order valence-corrected chi connectivity index (χ4v) is 6.21. The van der Waals surface area contributed by atoms with Crippen molar-refractivity contribution in [2.75, 3.05) is 0 Å². The van der Waals surface area contributed by atoms with E-state index in [2.05, 4.69) is 12.1 Å². The highest BCUT2D eigenvalue weighted by molar-refractivity contribution is 6.24. The highest BCUT2D eigenvalue weighted by Gasteiger charge is 2.62. The molecule has 4 saturated carbocycles. The third-order valence-electron chi connectivity index (χ3n) is 5.88. The van der Waals surface area contributed by atoms with E-state index >= 15 is 0 Å². The van der Waals surface area contributed by atoms with E-state index in [0.717, 1.165) is 31.2 Å². The number of alkyl halides is 1. The molecule has 0 aliphatic heterocycles. The Labute approximate surface area is 125 Å². The van der Waals surface area contributed by atoms with E-state index in [0.29, 0.717) is 11.8 Å². The molecule has 3 heteroatoms. The van der Waals surface area contributed by atoms with Gasteiger partial charge in [0.15, 0.2) is 0 Å². The number of hydrogen-bond donors (Lipinski definition) is 2. The molecule has 4 aliphatic rings. The molecule has 0 aromatic heterocycles. The first kappa shape index (κ1) is 13.1. The minimum atomic E-state index is -0.652. The SMILES string of the molecule is NC(c1ccccc1)[C@H]1[C@H]2C[C@H]3C[C@](Cl)(C2)C[C@@]1(O)C3. The molecule has 108 valence electrons. The first-order chi connectivity index (χ1) is 9.49. The van der Waals surface area contributed by atoms with Crippen LogP contribution in [0.4, 0.5) is 0 Å². The number of aliphatic hydroxyl groups is 1. The van der Waals surface area contributed by atoms with Gasteiger partial charge in [-0.25, -0.2) is 0 Å². The molecule has 1 aromatic carbocycles. The Balaban J connectivity index is 1.69. The molecule has 0 amide bonds. The van der Waals surface area contributed by atoms with Gasteiger partial charge in [0.2, 0.25) is 0 Å². The maximum Gasteiger partial charge on any atom is 0.0716 e. The van der Waals surface area contributed by atoms with Crippen LogP contribution in [0.1, 0.15) is 43.7 Å². The van der Waals surface area contributed by atoms with E-state index < -0.39 is 5.60 Å². The fraction of sp³-hybridized carbons (Fsp3) is 0.647. The first-order valence-electron chi connectivity index (χ1n) is 7.71. The van der Waals surface area contributed by atoms with E-state index in [1.165, 1.54) is 6.42 Å². The van der Waals surface area contributed by atoms with Gasteiger partial charge < -0.3 is 10.8 Å². The Morgan fingerprint density at radius 3 is 2.60 bits per heavy atom. The fourth-order valence-electron chi connectivity index (χ4n) is 5.56. The smallest absolute Gasteiger partial charge is 0.0716 e. The van der Waals surface area contributed by atoms with E-state index in [4.69, 9.17) is 17.3 Å². The van der Waals surface area contributed by atoms with Crippen LogP contribution in [0.3, 0.4) is 0 Å². The Morgan fingerprint density at radius 1 is 1.20 bits per heavy atom. The third-order valence-corrected chi connectivity index (χ3v) is 6.33. The van der Waals surface area contributed by atoms with Crippen molar-refractivity contribution in [1.29, 1.82) is 0 Å². The lowest BCUT2D eigenvalue weighted by Crippen LogP contribution is -2.64. The number of hydrogen-bond acceptors (Lipinski definition) is 2. The van der Waals surface area contributed by atoms with E-state index in [1.54, 1.807) is 0 Å². The molecule has 20 heavy (non-hydrogen) atoms. The Kier molecular flexibility index (Phi) is 2.77. The lowest BCUT2D eigenvalue weighted by Gasteiger charge is -2.63. The summed E-state index contributed by atoms with van der Waals surface area (Å²) in [6.45, 7) is 0. The quantitative estimate of drug-likeness (QED) is 0.822. The largest absolute Gasteiger partial charge is 0.389 e. The Hall–Kier alpha value is -0.570. The predicted molar refractivity (Wildman–Crippen MR) is 80.5 cm³/mol. The van der Waals surface area contributed by atoms with Gasteiger partial charge in [0.05, 0.1) is 5.60 Å². The Bertz CT molecular complexity index is 521. The summed E-state index contributed by atoms with van der Waals surface area (Å²) in [5, 5.41) is 11.2. The topological polar surface area (TPSA) is 46.2 Å². The first-order valence-corrected chi connectivity index (χ1v) is 8.09. The molecule has 6 atom stereocenters. The lowest BCUT2D eigenvalue weighted by atomic mass is 9.48. The van der Waals surface area contributed by atoms with Gasteiger partial charge in [-0.15, -0.1) is 11.6 Å². The summed E-state index contributed by atoms with van der Waals surface area (Å²) in [5.74, 6) is 1.24. The Morgan fingerprint density at radius 2 is 1.95 bits per heavy atom. The zero-order chi connectivity index (χ0) is 14.0. The number of halogens is 1. The van der Waals surface area contributed by atoms with Gasteiger partial charge >= 0.3 is 0 Å². The van der Waals surface area contributed by atoms with Crippen LogP contribution in [0.2, 0.25) is 0 Å². The molecule has 1 unspecified atom stereocenters. The second kappa shape index (κ2) is 4.22. The summed E-state index contributed by atoms with van der Waals surface area (Å²) in [7, 11) is 0. The molecule has 0 saturated heterocycles. The van der Waals surface area contributed by atoms with Crippen molar-refractivity contribution < 1.29 is 5.11 Å². The van der Waals surface area contributed by atoms with Crippen molar-refractivity contribution >= 4 is 11.6 Å². The maximum atomic E-state index is 11.2. The highest BCUT2D eigenvalue weighted by Crippen LogP contribution is 2.64. The van der Waals surface area contributed by atoms with Crippen LogP contribution in [0.5, 0.6) is 0 Å². The van der Waals surface area contributed by atoms with Crippen LogP contribution in [0, 0.1) is 17.8 Å². The second-order valence-corrected chi connectivity index (χ2v) is 8.17.